The number of amides is 2. The van der Waals surface area contributed by atoms with Crippen LogP contribution in [0, 0.1) is 9.77 Å². The standard InChI is InChI=1S/C26H18FN5O3S3/c27-17-13-11-16(12-14-17)23-30-31-25(35-23)37-15-20(33)29-24-21(22(34)28-18-7-3-1-4-8-18)32(26(36)38-24)19-9-5-2-6-10-19/h1-14H,15H2,(H,28,34)(H,29,33). The van der Waals surface area contributed by atoms with Crippen molar-refractivity contribution in [2.45, 2.75) is 5.22 Å². The van der Waals surface area contributed by atoms with Crippen LogP contribution in [-0.2, 0) is 4.79 Å². The Balaban J connectivity index is 1.35. The van der Waals surface area contributed by atoms with E-state index in [1.54, 1.807) is 16.7 Å². The molecular weight excluding hydrogens is 546 g/mol. The molecule has 38 heavy (non-hydrogen) atoms. The van der Waals surface area contributed by atoms with Gasteiger partial charge in [0, 0.05) is 16.9 Å². The van der Waals surface area contributed by atoms with Gasteiger partial charge in [0.25, 0.3) is 11.1 Å². The first-order valence-corrected chi connectivity index (χ1v) is 13.4. The fraction of sp³-hybridized carbons (Fsp3) is 0.0385. The number of thiazole rings is 1. The lowest BCUT2D eigenvalue weighted by Gasteiger charge is -2.12. The number of thioether (sulfide) groups is 1. The third-order valence-corrected chi connectivity index (χ3v) is 7.26. The molecule has 0 aliphatic rings. The monoisotopic (exact) mass is 563 g/mol. The second kappa shape index (κ2) is 11.5. The van der Waals surface area contributed by atoms with Gasteiger partial charge in [-0.2, -0.15) is 0 Å². The fourth-order valence-electron chi connectivity index (χ4n) is 3.45. The molecule has 2 amide bonds. The second-order valence-corrected chi connectivity index (χ2v) is 10.3. The largest absolute Gasteiger partial charge is 0.411 e. The molecule has 0 saturated heterocycles. The van der Waals surface area contributed by atoms with Crippen molar-refractivity contribution in [1.29, 1.82) is 0 Å². The van der Waals surface area contributed by atoms with Gasteiger partial charge in [-0.05, 0) is 60.7 Å². The van der Waals surface area contributed by atoms with Crippen LogP contribution in [0.1, 0.15) is 10.5 Å². The zero-order valence-corrected chi connectivity index (χ0v) is 21.9. The molecule has 3 aromatic carbocycles. The number of para-hydroxylation sites is 2. The van der Waals surface area contributed by atoms with Crippen molar-refractivity contribution in [2.75, 3.05) is 16.4 Å². The van der Waals surface area contributed by atoms with E-state index < -0.39 is 5.91 Å². The molecule has 190 valence electrons. The van der Waals surface area contributed by atoms with E-state index in [0.29, 0.717) is 25.9 Å². The minimum absolute atomic E-state index is 0.0548. The van der Waals surface area contributed by atoms with Crippen LogP contribution < -0.4 is 10.6 Å². The Hall–Kier alpha value is -4.13. The van der Waals surface area contributed by atoms with Gasteiger partial charge in [0.1, 0.15) is 16.5 Å². The van der Waals surface area contributed by atoms with Crippen molar-refractivity contribution >= 4 is 57.8 Å². The molecule has 2 heterocycles. The van der Waals surface area contributed by atoms with Crippen LogP contribution in [-0.4, -0.2) is 32.3 Å². The van der Waals surface area contributed by atoms with Gasteiger partial charge < -0.3 is 15.1 Å². The molecule has 0 aliphatic carbocycles. The van der Waals surface area contributed by atoms with E-state index in [0.717, 1.165) is 23.1 Å². The van der Waals surface area contributed by atoms with Gasteiger partial charge >= 0.3 is 0 Å². The number of halogens is 1. The molecule has 0 fully saturated rings. The summed E-state index contributed by atoms with van der Waals surface area (Å²) in [4.78, 5) is 26.2. The number of benzene rings is 3. The molecule has 0 atom stereocenters. The Labute approximate surface area is 229 Å². The van der Waals surface area contributed by atoms with Gasteiger partial charge in [-0.25, -0.2) is 4.39 Å². The summed E-state index contributed by atoms with van der Waals surface area (Å²) >= 11 is 7.72. The van der Waals surface area contributed by atoms with Crippen LogP contribution in [0.3, 0.4) is 0 Å². The van der Waals surface area contributed by atoms with Crippen molar-refractivity contribution in [2.24, 2.45) is 0 Å². The summed E-state index contributed by atoms with van der Waals surface area (Å²) < 4.78 is 20.8. The molecule has 0 radical (unpaired) electrons. The fourth-order valence-corrected chi connectivity index (χ4v) is 5.37. The van der Waals surface area contributed by atoms with Gasteiger partial charge in [-0.1, -0.05) is 59.5 Å². The summed E-state index contributed by atoms with van der Waals surface area (Å²) in [5, 5.41) is 14.0. The Bertz CT molecular complexity index is 1630. The Morgan fingerprint density at radius 1 is 0.947 bits per heavy atom. The van der Waals surface area contributed by atoms with Crippen molar-refractivity contribution in [3.05, 3.63) is 100 Å². The molecule has 2 N–H and O–H groups in total. The zero-order valence-electron chi connectivity index (χ0n) is 19.5. The van der Waals surface area contributed by atoms with Gasteiger partial charge in [0.05, 0.1) is 5.75 Å². The third-order valence-electron chi connectivity index (χ3n) is 5.15. The number of carbonyl (C=O) groups excluding carboxylic acids is 2. The molecule has 0 unspecified atom stereocenters. The summed E-state index contributed by atoms with van der Waals surface area (Å²) in [6.07, 6.45) is 0. The van der Waals surface area contributed by atoms with Gasteiger partial charge in [-0.3, -0.25) is 14.2 Å². The number of anilines is 2. The van der Waals surface area contributed by atoms with E-state index >= 15 is 0 Å². The highest BCUT2D eigenvalue weighted by atomic mass is 32.2. The Morgan fingerprint density at radius 2 is 1.63 bits per heavy atom. The van der Waals surface area contributed by atoms with E-state index in [1.165, 1.54) is 24.3 Å². The molecule has 0 spiro atoms. The highest BCUT2D eigenvalue weighted by Gasteiger charge is 2.23. The first-order chi connectivity index (χ1) is 18.5. The first-order valence-electron chi connectivity index (χ1n) is 11.2. The maximum absolute atomic E-state index is 13.4. The minimum atomic E-state index is -0.420. The Morgan fingerprint density at radius 3 is 2.34 bits per heavy atom. The van der Waals surface area contributed by atoms with Crippen molar-refractivity contribution in [1.82, 2.24) is 14.8 Å². The lowest BCUT2D eigenvalue weighted by Crippen LogP contribution is -2.21. The Kier molecular flexibility index (Phi) is 7.73. The van der Waals surface area contributed by atoms with Crippen molar-refractivity contribution in [3.63, 3.8) is 0 Å². The highest BCUT2D eigenvalue weighted by Crippen LogP contribution is 2.30. The lowest BCUT2D eigenvalue weighted by atomic mass is 10.2. The summed E-state index contributed by atoms with van der Waals surface area (Å²) in [5.74, 6) is -1.02. The maximum Gasteiger partial charge on any atom is 0.277 e. The van der Waals surface area contributed by atoms with Gasteiger partial charge in [0.2, 0.25) is 11.8 Å². The number of hydrogen-bond donors (Lipinski definition) is 2. The molecule has 12 heteroatoms. The molecule has 0 saturated carbocycles. The minimum Gasteiger partial charge on any atom is -0.411 e. The van der Waals surface area contributed by atoms with Crippen LogP contribution in [0.4, 0.5) is 15.1 Å². The number of nitrogens with one attached hydrogen (secondary N) is 2. The average molecular weight is 564 g/mol. The highest BCUT2D eigenvalue weighted by molar-refractivity contribution is 7.99. The van der Waals surface area contributed by atoms with E-state index in [-0.39, 0.29) is 34.3 Å². The normalized spacial score (nSPS) is 10.8. The number of nitrogens with zero attached hydrogens (tertiary/aromatic N) is 3. The number of aromatic nitrogens is 3. The summed E-state index contributed by atoms with van der Waals surface area (Å²) in [7, 11) is 0. The summed E-state index contributed by atoms with van der Waals surface area (Å²) in [5.41, 5.74) is 2.08. The average Bonchev–Trinajstić information content (AvgIpc) is 3.53. The maximum atomic E-state index is 13.4. The van der Waals surface area contributed by atoms with E-state index in [4.69, 9.17) is 16.6 Å². The van der Waals surface area contributed by atoms with Crippen LogP contribution in [0.15, 0.2) is 94.6 Å². The third kappa shape index (κ3) is 5.88. The van der Waals surface area contributed by atoms with E-state index in [9.17, 15) is 14.0 Å². The molecule has 5 rings (SSSR count). The smallest absolute Gasteiger partial charge is 0.277 e. The zero-order chi connectivity index (χ0) is 26.5. The number of rotatable bonds is 8. The molecule has 0 bridgehead atoms. The lowest BCUT2D eigenvalue weighted by molar-refractivity contribution is -0.113. The molecular formula is C26H18FN5O3S3. The van der Waals surface area contributed by atoms with Crippen molar-refractivity contribution in [3.8, 4) is 17.1 Å². The van der Waals surface area contributed by atoms with E-state index in [1.807, 2.05) is 48.5 Å². The second-order valence-electron chi connectivity index (χ2n) is 7.75. The SMILES string of the molecule is O=C(CSc1nnc(-c2ccc(F)cc2)o1)Nc1sc(=S)n(-c2ccccc2)c1C(=O)Nc1ccccc1. The van der Waals surface area contributed by atoms with Gasteiger partial charge in [0.15, 0.2) is 3.95 Å². The molecule has 8 nitrogen and oxygen atoms in total. The number of carbonyl (C=O) groups is 2. The number of hydrogen-bond acceptors (Lipinski definition) is 8. The molecule has 0 aliphatic heterocycles. The van der Waals surface area contributed by atoms with Gasteiger partial charge in [-0.15, -0.1) is 10.2 Å². The van der Waals surface area contributed by atoms with Crippen molar-refractivity contribution < 1.29 is 18.4 Å². The predicted octanol–water partition coefficient (Wildman–Crippen LogP) is 6.44. The quantitative estimate of drug-likeness (QED) is 0.165. The van der Waals surface area contributed by atoms with Crippen LogP contribution in [0.2, 0.25) is 0 Å². The van der Waals surface area contributed by atoms with E-state index in [2.05, 4.69) is 20.8 Å². The van der Waals surface area contributed by atoms with Crippen LogP contribution in [0.25, 0.3) is 17.1 Å². The topological polar surface area (TPSA) is 102 Å². The van der Waals surface area contributed by atoms with Crippen LogP contribution in [0.5, 0.6) is 0 Å². The molecule has 5 aromatic rings. The summed E-state index contributed by atoms with van der Waals surface area (Å²) in [6, 6.07) is 23.9. The summed E-state index contributed by atoms with van der Waals surface area (Å²) in [6.45, 7) is 0. The first kappa shape index (κ1) is 25.5. The predicted molar refractivity (Wildman–Crippen MR) is 148 cm³/mol. The molecule has 2 aromatic heterocycles. The van der Waals surface area contributed by atoms with Crippen LogP contribution >= 0.6 is 35.3 Å².